The molecule has 35 heavy (non-hydrogen) atoms. The summed E-state index contributed by atoms with van der Waals surface area (Å²) < 4.78 is 60.1. The predicted octanol–water partition coefficient (Wildman–Crippen LogP) is 5.60. The predicted molar refractivity (Wildman–Crippen MR) is 120 cm³/mol. The number of piperidine rings is 2. The van der Waals surface area contributed by atoms with Gasteiger partial charge in [0.15, 0.2) is 12.1 Å². The third-order valence-corrected chi connectivity index (χ3v) is 6.77. The van der Waals surface area contributed by atoms with Crippen LogP contribution >= 0.6 is 11.6 Å². The molecule has 0 amide bonds. The third kappa shape index (κ3) is 4.42. The van der Waals surface area contributed by atoms with E-state index in [4.69, 9.17) is 16.3 Å². The van der Waals surface area contributed by atoms with Crippen molar-refractivity contribution in [2.45, 2.75) is 37.6 Å². The van der Waals surface area contributed by atoms with Gasteiger partial charge in [0.1, 0.15) is 16.9 Å². The van der Waals surface area contributed by atoms with Crippen LogP contribution in [0.15, 0.2) is 42.9 Å². The van der Waals surface area contributed by atoms with E-state index in [2.05, 4.69) is 15.0 Å². The van der Waals surface area contributed by atoms with Gasteiger partial charge >= 0.3 is 6.18 Å². The number of halogens is 5. The minimum atomic E-state index is -4.58. The van der Waals surface area contributed by atoms with Crippen LogP contribution in [0.3, 0.4) is 0 Å². The maximum atomic E-state index is 15.2. The van der Waals surface area contributed by atoms with Crippen molar-refractivity contribution in [3.8, 4) is 17.3 Å². The summed E-state index contributed by atoms with van der Waals surface area (Å²) in [5.74, 6) is -0.247. The van der Waals surface area contributed by atoms with Gasteiger partial charge in [-0.2, -0.15) is 13.2 Å². The summed E-state index contributed by atoms with van der Waals surface area (Å²) in [4.78, 5) is 26.1. The highest BCUT2D eigenvalue weighted by molar-refractivity contribution is 6.31. The van der Waals surface area contributed by atoms with Gasteiger partial charge in [-0.1, -0.05) is 11.6 Å². The first-order chi connectivity index (χ1) is 16.8. The molecule has 182 valence electrons. The molecule has 2 aliphatic heterocycles. The summed E-state index contributed by atoms with van der Waals surface area (Å²) in [5, 5.41) is -0.254. The fourth-order valence-electron chi connectivity index (χ4n) is 4.95. The van der Waals surface area contributed by atoms with E-state index in [0.29, 0.717) is 43.3 Å². The molecule has 2 saturated heterocycles. The molecule has 1 saturated carbocycles. The number of rotatable bonds is 5. The molecular formula is C24H19ClF4N4O2. The van der Waals surface area contributed by atoms with Gasteiger partial charge in [-0.25, -0.2) is 19.3 Å². The zero-order chi connectivity index (χ0) is 24.7. The van der Waals surface area contributed by atoms with Crippen molar-refractivity contribution >= 4 is 23.6 Å². The van der Waals surface area contributed by atoms with Crippen LogP contribution in [-0.4, -0.2) is 39.9 Å². The van der Waals surface area contributed by atoms with E-state index in [1.54, 1.807) is 6.07 Å². The smallest absolute Gasteiger partial charge is 0.417 e. The number of carbonyl (C=O) groups is 1. The highest BCUT2D eigenvalue weighted by atomic mass is 35.5. The molecule has 2 aromatic heterocycles. The molecular weight excluding hydrogens is 488 g/mol. The second-order valence-corrected chi connectivity index (χ2v) is 9.02. The van der Waals surface area contributed by atoms with Crippen LogP contribution in [0, 0.1) is 11.7 Å². The van der Waals surface area contributed by atoms with Gasteiger partial charge in [-0.05, 0) is 49.4 Å². The van der Waals surface area contributed by atoms with Gasteiger partial charge in [-0.3, -0.25) is 4.79 Å². The van der Waals surface area contributed by atoms with E-state index in [-0.39, 0.29) is 34.1 Å². The van der Waals surface area contributed by atoms with E-state index >= 15 is 4.39 Å². The number of hydrogen-bond donors (Lipinski definition) is 0. The fraction of sp³-hybridized carbons (Fsp3) is 0.333. The van der Waals surface area contributed by atoms with E-state index in [1.165, 1.54) is 24.5 Å². The number of benzene rings is 1. The average Bonchev–Trinajstić information content (AvgIpc) is 2.85. The lowest BCUT2D eigenvalue weighted by atomic mass is 9.77. The second-order valence-electron chi connectivity index (χ2n) is 8.61. The molecule has 3 aliphatic rings. The van der Waals surface area contributed by atoms with E-state index < -0.39 is 23.7 Å². The summed E-state index contributed by atoms with van der Waals surface area (Å²) in [6.07, 6.45) is 1.41. The van der Waals surface area contributed by atoms with Crippen LogP contribution in [0.4, 0.5) is 23.2 Å². The zero-order valence-electron chi connectivity index (χ0n) is 18.2. The minimum absolute atomic E-state index is 0.111. The number of pyridine rings is 1. The average molecular weight is 507 g/mol. The van der Waals surface area contributed by atoms with Crippen molar-refractivity contribution in [1.82, 2.24) is 15.0 Å². The molecule has 0 N–H and O–H groups in total. The van der Waals surface area contributed by atoms with Crippen LogP contribution < -0.4 is 9.64 Å². The lowest BCUT2D eigenvalue weighted by molar-refractivity contribution is -0.137. The fourth-order valence-corrected chi connectivity index (χ4v) is 5.16. The molecule has 11 heteroatoms. The zero-order valence-corrected chi connectivity index (χ0v) is 18.9. The van der Waals surface area contributed by atoms with Crippen LogP contribution in [0.1, 0.15) is 35.2 Å². The van der Waals surface area contributed by atoms with Crippen molar-refractivity contribution in [3.05, 3.63) is 64.8 Å². The largest absolute Gasteiger partial charge is 0.471 e. The maximum absolute atomic E-state index is 15.2. The molecule has 6 rings (SSSR count). The summed E-state index contributed by atoms with van der Waals surface area (Å²) in [7, 11) is 0. The Hall–Kier alpha value is -3.27. The Labute approximate surface area is 202 Å². The monoisotopic (exact) mass is 506 g/mol. The number of ether oxygens (including phenoxy) is 1. The number of anilines is 1. The van der Waals surface area contributed by atoms with Crippen molar-refractivity contribution in [3.63, 3.8) is 0 Å². The van der Waals surface area contributed by atoms with Gasteiger partial charge < -0.3 is 9.64 Å². The number of hydrogen-bond acceptors (Lipinski definition) is 6. The van der Waals surface area contributed by atoms with Gasteiger partial charge in [-0.15, -0.1) is 0 Å². The van der Waals surface area contributed by atoms with E-state index in [0.717, 1.165) is 12.5 Å². The topological polar surface area (TPSA) is 68.2 Å². The standard InChI is InChI=1S/C24H19ClF4N4O2/c25-17-9-14(24(27,28)29)10-32-23(17)35-20-8-13-2-5-19(20)33(11-13)21-16(12-34)15(3-4-18(21)26)22-30-6-1-7-31-22/h1,3-4,6-7,9-10,12-13,19-20H,2,5,8,11H2/t13-,19+,20-/m1/s1. The third-order valence-electron chi connectivity index (χ3n) is 6.50. The number of aldehydes is 1. The summed E-state index contributed by atoms with van der Waals surface area (Å²) in [6.45, 7) is 0.509. The van der Waals surface area contributed by atoms with Crippen molar-refractivity contribution in [1.29, 1.82) is 0 Å². The first-order valence-corrected chi connectivity index (χ1v) is 11.3. The molecule has 3 fully saturated rings. The number of carbonyl (C=O) groups excluding carboxylic acids is 1. The van der Waals surface area contributed by atoms with Gasteiger partial charge in [0.05, 0.1) is 22.9 Å². The Kier molecular flexibility index (Phi) is 6.08. The Morgan fingerprint density at radius 2 is 1.91 bits per heavy atom. The summed E-state index contributed by atoms with van der Waals surface area (Å²) in [6, 6.07) is 4.83. The highest BCUT2D eigenvalue weighted by Crippen LogP contribution is 2.43. The maximum Gasteiger partial charge on any atom is 0.417 e. The number of nitrogens with zero attached hydrogens (tertiary/aromatic N) is 4. The lowest BCUT2D eigenvalue weighted by Gasteiger charge is -2.50. The van der Waals surface area contributed by atoms with Gasteiger partial charge in [0, 0.05) is 30.7 Å². The minimum Gasteiger partial charge on any atom is -0.471 e. The lowest BCUT2D eigenvalue weighted by Crippen LogP contribution is -2.58. The van der Waals surface area contributed by atoms with Crippen molar-refractivity contribution in [2.75, 3.05) is 11.4 Å². The number of aromatic nitrogens is 3. The Morgan fingerprint density at radius 1 is 1.14 bits per heavy atom. The Morgan fingerprint density at radius 3 is 2.57 bits per heavy atom. The molecule has 1 aliphatic carbocycles. The van der Waals surface area contributed by atoms with E-state index in [1.807, 2.05) is 4.90 Å². The normalized spacial score (nSPS) is 21.7. The Bertz CT molecular complexity index is 1260. The number of alkyl halides is 3. The van der Waals surface area contributed by atoms with Crippen LogP contribution in [0.25, 0.3) is 11.4 Å². The molecule has 0 unspecified atom stereocenters. The van der Waals surface area contributed by atoms with E-state index in [9.17, 15) is 18.0 Å². The number of fused-ring (bicyclic) bond motifs is 3. The molecule has 4 heterocycles. The van der Waals surface area contributed by atoms with Gasteiger partial charge in [0.25, 0.3) is 0 Å². The molecule has 3 aromatic rings. The molecule has 0 spiro atoms. The quantitative estimate of drug-likeness (QED) is 0.331. The summed E-state index contributed by atoms with van der Waals surface area (Å²) in [5.41, 5.74) is -0.296. The molecule has 2 bridgehead atoms. The SMILES string of the molecule is O=Cc1c(-c2ncccn2)ccc(F)c1N1C[C@@H]2CC[C@H]1[C@H](Oc1ncc(C(F)(F)F)cc1Cl)C2. The first-order valence-electron chi connectivity index (χ1n) is 11.0. The van der Waals surface area contributed by atoms with Crippen molar-refractivity contribution in [2.24, 2.45) is 5.92 Å². The Balaban J connectivity index is 1.49. The molecule has 1 aromatic carbocycles. The first kappa shape index (κ1) is 23.5. The highest BCUT2D eigenvalue weighted by Gasteiger charge is 2.44. The molecule has 6 nitrogen and oxygen atoms in total. The van der Waals surface area contributed by atoms with Crippen molar-refractivity contribution < 1.29 is 27.1 Å². The van der Waals surface area contributed by atoms with Crippen LogP contribution in [-0.2, 0) is 6.18 Å². The van der Waals surface area contributed by atoms with Crippen LogP contribution in [0.5, 0.6) is 5.88 Å². The van der Waals surface area contributed by atoms with Crippen LogP contribution in [0.2, 0.25) is 5.02 Å². The van der Waals surface area contributed by atoms with Gasteiger partial charge in [0.2, 0.25) is 5.88 Å². The second kappa shape index (κ2) is 9.07. The molecule has 3 atom stereocenters. The summed E-state index contributed by atoms with van der Waals surface area (Å²) >= 11 is 6.05. The molecule has 0 radical (unpaired) electrons.